The van der Waals surface area contributed by atoms with E-state index in [0.717, 1.165) is 53.6 Å². The van der Waals surface area contributed by atoms with Gasteiger partial charge < -0.3 is 14.4 Å². The molecule has 1 aliphatic heterocycles. The number of ether oxygens (including phenoxy) is 2. The molecular formula is C24H25N5O3. The number of rotatable bonds is 5. The van der Waals surface area contributed by atoms with Crippen molar-refractivity contribution < 1.29 is 9.47 Å². The number of hydrogen-bond acceptors (Lipinski definition) is 7. The Hall–Kier alpha value is -3.68. The summed E-state index contributed by atoms with van der Waals surface area (Å²) in [5.41, 5.74) is 1.38. The van der Waals surface area contributed by atoms with Gasteiger partial charge in [-0.05, 0) is 30.9 Å². The van der Waals surface area contributed by atoms with Crippen LogP contribution in [0.5, 0.6) is 11.5 Å². The van der Waals surface area contributed by atoms with E-state index in [1.807, 2.05) is 42.6 Å². The Balaban J connectivity index is 1.34. The summed E-state index contributed by atoms with van der Waals surface area (Å²) in [6, 6.07) is 11.5. The van der Waals surface area contributed by atoms with E-state index in [1.54, 1.807) is 25.1 Å². The maximum Gasteiger partial charge on any atom is 0.348 e. The fraction of sp³-hybridized carbons (Fsp3) is 0.333. The molecular weight excluding hydrogens is 406 g/mol. The molecule has 1 saturated heterocycles. The minimum atomic E-state index is -0.186. The van der Waals surface area contributed by atoms with Gasteiger partial charge in [0.2, 0.25) is 0 Å². The van der Waals surface area contributed by atoms with E-state index in [1.165, 1.54) is 0 Å². The van der Waals surface area contributed by atoms with Gasteiger partial charge in [0, 0.05) is 42.7 Å². The maximum atomic E-state index is 12.5. The van der Waals surface area contributed by atoms with Gasteiger partial charge in [0.25, 0.3) is 0 Å². The van der Waals surface area contributed by atoms with Gasteiger partial charge in [-0.1, -0.05) is 18.2 Å². The first-order valence-electron chi connectivity index (χ1n) is 10.7. The van der Waals surface area contributed by atoms with Crippen LogP contribution in [0.3, 0.4) is 0 Å². The third-order valence-electron chi connectivity index (χ3n) is 6.18. The van der Waals surface area contributed by atoms with Crippen LogP contribution in [0.25, 0.3) is 21.8 Å². The Morgan fingerprint density at radius 2 is 1.75 bits per heavy atom. The molecule has 4 aromatic rings. The van der Waals surface area contributed by atoms with Crippen molar-refractivity contribution in [2.45, 2.75) is 19.4 Å². The number of aromatic nitrogens is 4. The van der Waals surface area contributed by atoms with Crippen molar-refractivity contribution >= 4 is 27.6 Å². The van der Waals surface area contributed by atoms with Crippen molar-refractivity contribution in [3.63, 3.8) is 0 Å². The Morgan fingerprint density at radius 3 is 2.53 bits per heavy atom. The van der Waals surface area contributed by atoms with Gasteiger partial charge in [-0.15, -0.1) is 0 Å². The van der Waals surface area contributed by atoms with Crippen molar-refractivity contribution in [3.8, 4) is 11.5 Å². The molecule has 2 aromatic carbocycles. The van der Waals surface area contributed by atoms with Gasteiger partial charge in [0.05, 0.1) is 25.3 Å². The highest BCUT2D eigenvalue weighted by Gasteiger charge is 2.23. The molecule has 0 aliphatic carbocycles. The number of fused-ring (bicyclic) bond motifs is 2. The standard InChI is InChI=1S/C24H25N5O3/c1-31-21-11-18-20(12-22(21)32-2)25-15-26-23(18)28-9-7-16(8-10-28)13-29-14-17-5-3-4-6-19(17)27-24(29)30/h3-6,11-12,14-16H,7-10,13H2,1-2H3. The molecule has 1 fully saturated rings. The largest absolute Gasteiger partial charge is 0.493 e. The lowest BCUT2D eigenvalue weighted by Gasteiger charge is -2.33. The van der Waals surface area contributed by atoms with Crippen molar-refractivity contribution in [3.05, 3.63) is 59.4 Å². The summed E-state index contributed by atoms with van der Waals surface area (Å²) in [6.45, 7) is 2.40. The van der Waals surface area contributed by atoms with E-state index >= 15 is 0 Å². The van der Waals surface area contributed by atoms with Crippen molar-refractivity contribution in [1.82, 2.24) is 19.5 Å². The van der Waals surface area contributed by atoms with Crippen LogP contribution in [0.15, 0.2) is 53.7 Å². The number of hydrogen-bond donors (Lipinski definition) is 0. The summed E-state index contributed by atoms with van der Waals surface area (Å²) in [7, 11) is 3.25. The molecule has 164 valence electrons. The molecule has 8 heteroatoms. The minimum absolute atomic E-state index is 0.186. The van der Waals surface area contributed by atoms with Gasteiger partial charge >= 0.3 is 5.69 Å². The van der Waals surface area contributed by atoms with E-state index in [4.69, 9.17) is 9.47 Å². The quantitative estimate of drug-likeness (QED) is 0.480. The lowest BCUT2D eigenvalue weighted by atomic mass is 9.96. The van der Waals surface area contributed by atoms with Crippen LogP contribution in [-0.4, -0.2) is 46.8 Å². The second-order valence-electron chi connectivity index (χ2n) is 8.09. The molecule has 8 nitrogen and oxygen atoms in total. The smallest absolute Gasteiger partial charge is 0.348 e. The molecule has 0 spiro atoms. The number of anilines is 1. The zero-order valence-corrected chi connectivity index (χ0v) is 18.2. The molecule has 32 heavy (non-hydrogen) atoms. The molecule has 3 heterocycles. The van der Waals surface area contributed by atoms with E-state index in [0.29, 0.717) is 24.0 Å². The van der Waals surface area contributed by atoms with E-state index in [-0.39, 0.29) is 5.69 Å². The summed E-state index contributed by atoms with van der Waals surface area (Å²) in [4.78, 5) is 27.9. The predicted molar refractivity (Wildman–Crippen MR) is 124 cm³/mol. The Kier molecular flexibility index (Phi) is 5.34. The van der Waals surface area contributed by atoms with Crippen LogP contribution >= 0.6 is 0 Å². The topological polar surface area (TPSA) is 82.4 Å². The molecule has 0 saturated carbocycles. The monoisotopic (exact) mass is 431 g/mol. The fourth-order valence-electron chi connectivity index (χ4n) is 4.45. The van der Waals surface area contributed by atoms with Gasteiger partial charge in [-0.3, -0.25) is 4.57 Å². The highest BCUT2D eigenvalue weighted by molar-refractivity contribution is 5.92. The third kappa shape index (κ3) is 3.72. The average Bonchev–Trinajstić information content (AvgIpc) is 2.83. The van der Waals surface area contributed by atoms with Crippen LogP contribution < -0.4 is 20.1 Å². The number of piperidine rings is 1. The highest BCUT2D eigenvalue weighted by atomic mass is 16.5. The Labute approximate surface area is 185 Å². The maximum absolute atomic E-state index is 12.5. The number of methoxy groups -OCH3 is 2. The van der Waals surface area contributed by atoms with Crippen LogP contribution in [0.4, 0.5) is 5.82 Å². The van der Waals surface area contributed by atoms with E-state index in [2.05, 4.69) is 19.9 Å². The van der Waals surface area contributed by atoms with Crippen LogP contribution in [0, 0.1) is 5.92 Å². The molecule has 0 unspecified atom stereocenters. The number of para-hydroxylation sites is 1. The third-order valence-corrected chi connectivity index (χ3v) is 6.18. The first kappa shape index (κ1) is 20.2. The van der Waals surface area contributed by atoms with Crippen molar-refractivity contribution in [2.24, 2.45) is 5.92 Å². The lowest BCUT2D eigenvalue weighted by molar-refractivity contribution is 0.350. The summed E-state index contributed by atoms with van der Waals surface area (Å²) in [5, 5.41) is 1.93. The molecule has 2 aromatic heterocycles. The van der Waals surface area contributed by atoms with E-state index in [9.17, 15) is 4.79 Å². The molecule has 5 rings (SSSR count). The lowest BCUT2D eigenvalue weighted by Crippen LogP contribution is -2.37. The average molecular weight is 431 g/mol. The zero-order valence-electron chi connectivity index (χ0n) is 18.2. The summed E-state index contributed by atoms with van der Waals surface area (Å²) in [5.74, 6) is 2.63. The molecule has 0 atom stereocenters. The molecule has 0 radical (unpaired) electrons. The first-order valence-corrected chi connectivity index (χ1v) is 10.7. The molecule has 0 bridgehead atoms. The number of nitrogens with zero attached hydrogens (tertiary/aromatic N) is 5. The van der Waals surface area contributed by atoms with Crippen molar-refractivity contribution in [2.75, 3.05) is 32.2 Å². The SMILES string of the molecule is COc1cc2ncnc(N3CCC(Cn4cc5ccccc5nc4=O)CC3)c2cc1OC. The normalized spacial score (nSPS) is 14.8. The van der Waals surface area contributed by atoms with Crippen LogP contribution in [0.1, 0.15) is 12.8 Å². The fourth-order valence-corrected chi connectivity index (χ4v) is 4.45. The van der Waals surface area contributed by atoms with Crippen LogP contribution in [-0.2, 0) is 6.54 Å². The predicted octanol–water partition coefficient (Wildman–Crippen LogP) is 3.27. The van der Waals surface area contributed by atoms with Crippen LogP contribution in [0.2, 0.25) is 0 Å². The van der Waals surface area contributed by atoms with Gasteiger partial charge in [-0.25, -0.2) is 14.8 Å². The second-order valence-corrected chi connectivity index (χ2v) is 8.09. The van der Waals surface area contributed by atoms with Gasteiger partial charge in [0.15, 0.2) is 11.5 Å². The summed E-state index contributed by atoms with van der Waals surface area (Å²) in [6.07, 6.45) is 5.46. The summed E-state index contributed by atoms with van der Waals surface area (Å²) >= 11 is 0. The molecule has 0 N–H and O–H groups in total. The number of benzene rings is 2. The zero-order chi connectivity index (χ0) is 22.1. The van der Waals surface area contributed by atoms with Gasteiger partial charge in [-0.2, -0.15) is 4.98 Å². The molecule has 0 amide bonds. The van der Waals surface area contributed by atoms with Crippen molar-refractivity contribution in [1.29, 1.82) is 0 Å². The minimum Gasteiger partial charge on any atom is -0.493 e. The first-order chi connectivity index (χ1) is 15.7. The Morgan fingerprint density at radius 1 is 1.00 bits per heavy atom. The van der Waals surface area contributed by atoms with Gasteiger partial charge in [0.1, 0.15) is 12.1 Å². The molecule has 1 aliphatic rings. The Bertz CT molecular complexity index is 1330. The van der Waals surface area contributed by atoms with E-state index < -0.39 is 0 Å². The summed E-state index contributed by atoms with van der Waals surface area (Å²) < 4.78 is 12.6. The second kappa shape index (κ2) is 8.45. The highest BCUT2D eigenvalue weighted by Crippen LogP contribution is 2.35.